The first-order valence-electron chi connectivity index (χ1n) is 10.8. The first-order valence-corrected chi connectivity index (χ1v) is 12.9. The second-order valence-electron chi connectivity index (χ2n) is 8.33. The molecule has 3 atom stereocenters. The first kappa shape index (κ1) is 25.7. The van der Waals surface area contributed by atoms with Crippen molar-refractivity contribution in [3.05, 3.63) is 58.1 Å². The minimum Gasteiger partial charge on any atom is -0.611 e. The van der Waals surface area contributed by atoms with Gasteiger partial charge in [-0.2, -0.15) is 0 Å². The summed E-state index contributed by atoms with van der Waals surface area (Å²) in [5.74, 6) is -0.982. The maximum Gasteiger partial charge on any atom is 0.357 e. The van der Waals surface area contributed by atoms with E-state index >= 15 is 0 Å². The van der Waals surface area contributed by atoms with Gasteiger partial charge in [-0.3, -0.25) is 4.79 Å². The molecule has 2 aromatic rings. The number of benzene rings is 2. The fraction of sp³-hybridized carbons (Fsp3) is 0.417. The second kappa shape index (κ2) is 11.0. The van der Waals surface area contributed by atoms with Crippen LogP contribution in [-0.2, 0) is 20.7 Å². The largest absolute Gasteiger partial charge is 0.611 e. The molecule has 3 unspecified atom stereocenters. The molecule has 0 saturated carbocycles. The van der Waals surface area contributed by atoms with Gasteiger partial charge in [0.05, 0.1) is 11.1 Å². The molecule has 178 valence electrons. The molecule has 0 radical (unpaired) electrons. The van der Waals surface area contributed by atoms with Crippen molar-refractivity contribution in [2.75, 3.05) is 23.7 Å². The van der Waals surface area contributed by atoms with E-state index in [1.54, 1.807) is 26.0 Å². The van der Waals surface area contributed by atoms with Gasteiger partial charge in [0.1, 0.15) is 0 Å². The molecule has 0 aromatic heterocycles. The number of esters is 1. The number of ether oxygens (including phenoxy) is 1. The van der Waals surface area contributed by atoms with E-state index < -0.39 is 17.1 Å². The Morgan fingerprint density at radius 3 is 2.48 bits per heavy atom. The highest BCUT2D eigenvalue weighted by molar-refractivity contribution is 7.92. The fourth-order valence-corrected chi connectivity index (χ4v) is 5.47. The van der Waals surface area contributed by atoms with E-state index in [2.05, 4.69) is 11.8 Å². The number of hydrogen-bond acceptors (Lipinski definition) is 5. The summed E-state index contributed by atoms with van der Waals surface area (Å²) in [4.78, 5) is 29.5. The highest BCUT2D eigenvalue weighted by atomic mass is 35.5. The Balaban J connectivity index is 1.71. The molecule has 0 bridgehead atoms. The van der Waals surface area contributed by atoms with Gasteiger partial charge < -0.3 is 19.1 Å². The molecule has 1 fully saturated rings. The highest BCUT2D eigenvalue weighted by Gasteiger charge is 2.34. The number of amides is 1. The summed E-state index contributed by atoms with van der Waals surface area (Å²) in [6, 6.07) is 12.4. The molecule has 2 aromatic carbocycles. The molecule has 0 aliphatic carbocycles. The van der Waals surface area contributed by atoms with Gasteiger partial charge in [-0.25, -0.2) is 4.79 Å². The van der Waals surface area contributed by atoms with Crippen molar-refractivity contribution < 1.29 is 18.9 Å². The van der Waals surface area contributed by atoms with Crippen LogP contribution in [0.1, 0.15) is 38.1 Å². The molecule has 6 nitrogen and oxygen atoms in total. The predicted molar refractivity (Wildman–Crippen MR) is 133 cm³/mol. The van der Waals surface area contributed by atoms with Crippen LogP contribution in [0, 0.1) is 0 Å². The smallest absolute Gasteiger partial charge is 0.357 e. The maximum atomic E-state index is 13.3. The van der Waals surface area contributed by atoms with Crippen molar-refractivity contribution in [1.29, 1.82) is 0 Å². The first-order chi connectivity index (χ1) is 15.6. The monoisotopic (exact) mass is 510 g/mol. The van der Waals surface area contributed by atoms with Gasteiger partial charge in [0.25, 0.3) is 5.91 Å². The summed E-state index contributed by atoms with van der Waals surface area (Å²) in [5, 5.41) is 0.866. The topological polar surface area (TPSA) is 72.9 Å². The van der Waals surface area contributed by atoms with Crippen LogP contribution in [0.2, 0.25) is 10.0 Å². The van der Waals surface area contributed by atoms with Gasteiger partial charge in [0.2, 0.25) is 5.75 Å². The van der Waals surface area contributed by atoms with Gasteiger partial charge in [-0.1, -0.05) is 29.3 Å². The van der Waals surface area contributed by atoms with Crippen LogP contribution in [0.25, 0.3) is 0 Å². The maximum absolute atomic E-state index is 13.3. The number of anilines is 1. The Morgan fingerprint density at radius 1 is 1.12 bits per heavy atom. The Kier molecular flexibility index (Phi) is 8.56. The summed E-state index contributed by atoms with van der Waals surface area (Å²) in [7, 11) is 0. The van der Waals surface area contributed by atoms with Crippen LogP contribution >= 0.6 is 23.2 Å². The van der Waals surface area contributed by atoms with Crippen LogP contribution < -0.4 is 4.90 Å². The van der Waals surface area contributed by atoms with Crippen molar-refractivity contribution in [3.63, 3.8) is 0 Å². The van der Waals surface area contributed by atoms with Gasteiger partial charge in [0, 0.05) is 41.4 Å². The lowest BCUT2D eigenvalue weighted by molar-refractivity contribution is -0.144. The van der Waals surface area contributed by atoms with Crippen LogP contribution in [-0.4, -0.2) is 58.4 Å². The molecular weight excluding hydrogens is 483 g/mol. The molecular formula is C24H28Cl2N2O4S. The number of nitrogens with zero attached hydrogens (tertiary/aromatic N) is 2. The fourth-order valence-electron chi connectivity index (χ4n) is 3.92. The Morgan fingerprint density at radius 2 is 1.85 bits per heavy atom. The molecule has 1 amide bonds. The lowest BCUT2D eigenvalue weighted by atomic mass is 10.0. The number of carbonyl (C=O) groups excluding carboxylic acids is 2. The van der Waals surface area contributed by atoms with Crippen LogP contribution in [0.3, 0.4) is 0 Å². The number of hydrogen-bond donors (Lipinski definition) is 0. The zero-order chi connectivity index (χ0) is 24.3. The molecule has 9 heteroatoms. The molecule has 0 spiro atoms. The summed E-state index contributed by atoms with van der Waals surface area (Å²) >= 11 is 10.8. The van der Waals surface area contributed by atoms with E-state index in [1.165, 1.54) is 6.07 Å². The van der Waals surface area contributed by atoms with Crippen LogP contribution in [0.5, 0.6) is 0 Å². The van der Waals surface area contributed by atoms with Crippen LogP contribution in [0.15, 0.2) is 47.4 Å². The summed E-state index contributed by atoms with van der Waals surface area (Å²) in [6.45, 7) is 8.77. The Bertz CT molecular complexity index is 1020. The van der Waals surface area contributed by atoms with E-state index in [1.807, 2.05) is 36.1 Å². The summed E-state index contributed by atoms with van der Waals surface area (Å²) in [5.41, 5.74) is 1.44. The lowest BCUT2D eigenvalue weighted by Gasteiger charge is -2.46. The summed E-state index contributed by atoms with van der Waals surface area (Å²) < 4.78 is 17.6. The number of carbonyl (C=O) groups is 2. The molecule has 1 heterocycles. The van der Waals surface area contributed by atoms with E-state index in [9.17, 15) is 14.1 Å². The molecule has 0 N–H and O–H groups in total. The third-order valence-electron chi connectivity index (χ3n) is 5.70. The highest BCUT2D eigenvalue weighted by Crippen LogP contribution is 2.29. The van der Waals surface area contributed by atoms with E-state index in [0.717, 1.165) is 5.69 Å². The average molecular weight is 511 g/mol. The van der Waals surface area contributed by atoms with Crippen LogP contribution in [0.4, 0.5) is 5.69 Å². The van der Waals surface area contributed by atoms with Gasteiger partial charge in [-0.05, 0) is 75.3 Å². The molecule has 3 rings (SSSR count). The standard InChI is InChI=1S/C24H28Cl2N2O4S/c1-15(2)32-23(29)14-33(31)22-9-8-18(12-21(22)26)24(30)28-11-10-27(16(3)17(28)4)20-7-5-6-19(25)13-20/h5-9,12-13,15-17H,10-11,14H2,1-4H3. The van der Waals surface area contributed by atoms with Crippen molar-refractivity contribution in [2.45, 2.75) is 50.8 Å². The van der Waals surface area contributed by atoms with Crippen molar-refractivity contribution in [3.8, 4) is 0 Å². The second-order valence-corrected chi connectivity index (χ2v) is 10.6. The Hall–Kier alpha value is -1.93. The van der Waals surface area contributed by atoms with Crippen molar-refractivity contribution in [1.82, 2.24) is 4.90 Å². The normalized spacial score (nSPS) is 19.5. The van der Waals surface area contributed by atoms with Gasteiger partial charge >= 0.3 is 5.97 Å². The SMILES string of the molecule is CC(C)OC(=O)C[S+]([O-])c1ccc(C(=O)N2CCN(c3cccc(Cl)c3)C(C)C2C)cc1Cl. The Labute approximate surface area is 208 Å². The van der Waals surface area contributed by atoms with E-state index in [-0.39, 0.29) is 34.9 Å². The van der Waals surface area contributed by atoms with E-state index in [0.29, 0.717) is 28.6 Å². The molecule has 33 heavy (non-hydrogen) atoms. The summed E-state index contributed by atoms with van der Waals surface area (Å²) in [6.07, 6.45) is -0.284. The molecule has 1 saturated heterocycles. The zero-order valence-electron chi connectivity index (χ0n) is 19.1. The minimum absolute atomic E-state index is 0.0522. The molecule has 1 aliphatic rings. The number of halogens is 2. The average Bonchev–Trinajstić information content (AvgIpc) is 2.74. The lowest BCUT2D eigenvalue weighted by Crippen LogP contribution is -2.59. The third kappa shape index (κ3) is 6.15. The van der Waals surface area contributed by atoms with Crippen molar-refractivity contribution in [2.24, 2.45) is 0 Å². The third-order valence-corrected chi connectivity index (χ3v) is 7.71. The van der Waals surface area contributed by atoms with E-state index in [4.69, 9.17) is 27.9 Å². The molecule has 1 aliphatic heterocycles. The minimum atomic E-state index is -1.66. The van der Waals surface area contributed by atoms with Gasteiger partial charge in [-0.15, -0.1) is 0 Å². The van der Waals surface area contributed by atoms with Crippen molar-refractivity contribution >= 4 is 51.9 Å². The van der Waals surface area contributed by atoms with Gasteiger partial charge in [0.15, 0.2) is 4.90 Å². The quantitative estimate of drug-likeness (QED) is 0.412. The number of rotatable bonds is 6. The predicted octanol–water partition coefficient (Wildman–Crippen LogP) is 4.79. The number of piperazine rings is 1. The zero-order valence-corrected chi connectivity index (χ0v) is 21.4.